The average molecular weight is 480 g/mol. The lowest BCUT2D eigenvalue weighted by Gasteiger charge is -2.16. The molecule has 2 N–H and O–H groups in total. The summed E-state index contributed by atoms with van der Waals surface area (Å²) in [6.07, 6.45) is 0. The standard InChI is InChI=1S/C27H26FNO6/c1-31-11-13-33-24-15-17-5-3-8-22(21(17)16-25(24)34-14-12-32-2)35-23-10-9-18-19(26(23)28)6-4-7-20(18)27(29)30/h3-10,15-16H,11-14H2,1-2H3,(H2,29,30). The fourth-order valence-electron chi connectivity index (χ4n) is 3.75. The number of fused-ring (bicyclic) bond motifs is 2. The summed E-state index contributed by atoms with van der Waals surface area (Å²) >= 11 is 0. The first kappa shape index (κ1) is 24.3. The Morgan fingerprint density at radius 2 is 1.43 bits per heavy atom. The largest absolute Gasteiger partial charge is 0.487 e. The highest BCUT2D eigenvalue weighted by molar-refractivity contribution is 6.06. The fraction of sp³-hybridized carbons (Fsp3) is 0.222. The van der Waals surface area contributed by atoms with Crippen LogP contribution in [0, 0.1) is 5.82 Å². The summed E-state index contributed by atoms with van der Waals surface area (Å²) < 4.78 is 43.3. The predicted molar refractivity (Wildman–Crippen MR) is 131 cm³/mol. The lowest BCUT2D eigenvalue weighted by molar-refractivity contribution is 0.100. The maximum Gasteiger partial charge on any atom is 0.249 e. The van der Waals surface area contributed by atoms with Gasteiger partial charge in [0.15, 0.2) is 23.1 Å². The van der Waals surface area contributed by atoms with Gasteiger partial charge in [-0.3, -0.25) is 4.79 Å². The number of halogens is 1. The molecule has 4 rings (SSSR count). The molecular weight excluding hydrogens is 453 g/mol. The molecule has 0 heterocycles. The highest BCUT2D eigenvalue weighted by Crippen LogP contribution is 2.39. The number of amides is 1. The van der Waals surface area contributed by atoms with E-state index in [4.69, 9.17) is 29.4 Å². The van der Waals surface area contributed by atoms with Gasteiger partial charge in [-0.15, -0.1) is 0 Å². The average Bonchev–Trinajstić information content (AvgIpc) is 2.86. The van der Waals surface area contributed by atoms with E-state index in [2.05, 4.69) is 0 Å². The van der Waals surface area contributed by atoms with E-state index < -0.39 is 11.7 Å². The Bertz CT molecular complexity index is 1360. The zero-order valence-corrected chi connectivity index (χ0v) is 19.5. The normalized spacial score (nSPS) is 11.1. The first-order valence-corrected chi connectivity index (χ1v) is 11.0. The van der Waals surface area contributed by atoms with E-state index in [1.165, 1.54) is 6.07 Å². The van der Waals surface area contributed by atoms with Crippen LogP contribution < -0.4 is 19.9 Å². The second kappa shape index (κ2) is 11.0. The molecule has 0 aromatic heterocycles. The molecule has 182 valence electrons. The number of rotatable bonds is 11. The van der Waals surface area contributed by atoms with Crippen molar-refractivity contribution in [1.29, 1.82) is 0 Å². The van der Waals surface area contributed by atoms with Gasteiger partial charge >= 0.3 is 0 Å². The highest BCUT2D eigenvalue weighted by Gasteiger charge is 2.16. The van der Waals surface area contributed by atoms with Crippen LogP contribution in [0.2, 0.25) is 0 Å². The molecule has 0 atom stereocenters. The van der Waals surface area contributed by atoms with E-state index in [9.17, 15) is 4.79 Å². The Morgan fingerprint density at radius 1 is 0.743 bits per heavy atom. The van der Waals surface area contributed by atoms with Crippen molar-refractivity contribution >= 4 is 27.5 Å². The van der Waals surface area contributed by atoms with E-state index in [0.717, 1.165) is 5.39 Å². The van der Waals surface area contributed by atoms with Gasteiger partial charge in [0.05, 0.1) is 13.2 Å². The number of methoxy groups -OCH3 is 2. The van der Waals surface area contributed by atoms with Crippen molar-refractivity contribution in [2.24, 2.45) is 5.73 Å². The number of carbonyl (C=O) groups is 1. The van der Waals surface area contributed by atoms with Crippen LogP contribution in [0.25, 0.3) is 21.5 Å². The second-order valence-corrected chi connectivity index (χ2v) is 7.70. The van der Waals surface area contributed by atoms with Crippen LogP contribution in [0.3, 0.4) is 0 Å². The van der Waals surface area contributed by atoms with Gasteiger partial charge in [0.25, 0.3) is 0 Å². The summed E-state index contributed by atoms with van der Waals surface area (Å²) in [6.45, 7) is 1.52. The second-order valence-electron chi connectivity index (χ2n) is 7.70. The van der Waals surface area contributed by atoms with Crippen LogP contribution in [-0.4, -0.2) is 46.6 Å². The Morgan fingerprint density at radius 3 is 2.11 bits per heavy atom. The SMILES string of the molecule is COCCOc1cc2cccc(Oc3ccc4c(C(N)=O)cccc4c3F)c2cc1OCCOC. The molecule has 35 heavy (non-hydrogen) atoms. The number of nitrogens with two attached hydrogens (primary N) is 1. The molecule has 8 heteroatoms. The summed E-state index contributed by atoms with van der Waals surface area (Å²) in [7, 11) is 3.19. The third-order valence-electron chi connectivity index (χ3n) is 5.44. The molecule has 0 spiro atoms. The monoisotopic (exact) mass is 479 g/mol. The first-order valence-electron chi connectivity index (χ1n) is 11.0. The van der Waals surface area contributed by atoms with Gasteiger partial charge in [0.1, 0.15) is 19.0 Å². The quantitative estimate of drug-likeness (QED) is 0.302. The summed E-state index contributed by atoms with van der Waals surface area (Å²) in [4.78, 5) is 11.7. The van der Waals surface area contributed by atoms with Crippen molar-refractivity contribution in [2.45, 2.75) is 0 Å². The summed E-state index contributed by atoms with van der Waals surface area (Å²) in [5.41, 5.74) is 5.68. The Hall–Kier alpha value is -3.88. The fourth-order valence-corrected chi connectivity index (χ4v) is 3.75. The van der Waals surface area contributed by atoms with Crippen LogP contribution in [0.15, 0.2) is 60.7 Å². The molecule has 0 fully saturated rings. The summed E-state index contributed by atoms with van der Waals surface area (Å²) in [5.74, 6) is 0.312. The molecule has 0 saturated heterocycles. The van der Waals surface area contributed by atoms with E-state index in [1.807, 2.05) is 18.2 Å². The lowest BCUT2D eigenvalue weighted by Crippen LogP contribution is -2.11. The molecule has 0 bridgehead atoms. The van der Waals surface area contributed by atoms with Gasteiger partial charge in [0, 0.05) is 30.6 Å². The number of hydrogen-bond donors (Lipinski definition) is 1. The molecule has 4 aromatic carbocycles. The van der Waals surface area contributed by atoms with Gasteiger partial charge in [0.2, 0.25) is 5.91 Å². The van der Waals surface area contributed by atoms with Crippen LogP contribution in [0.4, 0.5) is 4.39 Å². The van der Waals surface area contributed by atoms with Crippen molar-refractivity contribution in [3.63, 3.8) is 0 Å². The van der Waals surface area contributed by atoms with Crippen molar-refractivity contribution in [2.75, 3.05) is 40.6 Å². The molecular formula is C27H26FNO6. The Kier molecular flexibility index (Phi) is 7.64. The van der Waals surface area contributed by atoms with E-state index in [0.29, 0.717) is 54.4 Å². The van der Waals surface area contributed by atoms with E-state index >= 15 is 4.39 Å². The smallest absolute Gasteiger partial charge is 0.249 e. The molecule has 4 aromatic rings. The zero-order chi connectivity index (χ0) is 24.8. The van der Waals surface area contributed by atoms with Gasteiger partial charge in [-0.25, -0.2) is 4.39 Å². The van der Waals surface area contributed by atoms with E-state index in [1.54, 1.807) is 50.6 Å². The molecule has 0 unspecified atom stereocenters. The van der Waals surface area contributed by atoms with Gasteiger partial charge in [-0.1, -0.05) is 24.3 Å². The number of primary amides is 1. The minimum Gasteiger partial charge on any atom is -0.487 e. The Labute approximate surface area is 202 Å². The van der Waals surface area contributed by atoms with Crippen LogP contribution in [-0.2, 0) is 9.47 Å². The maximum absolute atomic E-state index is 15.4. The molecule has 0 saturated carbocycles. The lowest BCUT2D eigenvalue weighted by atomic mass is 10.0. The third-order valence-corrected chi connectivity index (χ3v) is 5.44. The van der Waals surface area contributed by atoms with Crippen molar-refractivity contribution in [3.8, 4) is 23.0 Å². The van der Waals surface area contributed by atoms with Crippen molar-refractivity contribution < 1.29 is 32.9 Å². The maximum atomic E-state index is 15.4. The number of benzene rings is 4. The number of hydrogen-bond acceptors (Lipinski definition) is 6. The Balaban J connectivity index is 1.73. The van der Waals surface area contributed by atoms with E-state index in [-0.39, 0.29) is 16.7 Å². The third kappa shape index (κ3) is 5.29. The highest BCUT2D eigenvalue weighted by atomic mass is 19.1. The summed E-state index contributed by atoms with van der Waals surface area (Å²) in [5, 5.41) is 2.21. The minimum atomic E-state index is -0.623. The van der Waals surface area contributed by atoms with Crippen molar-refractivity contribution in [1.82, 2.24) is 0 Å². The molecule has 7 nitrogen and oxygen atoms in total. The number of ether oxygens (including phenoxy) is 5. The molecule has 0 aliphatic heterocycles. The zero-order valence-electron chi connectivity index (χ0n) is 19.5. The molecule has 1 amide bonds. The minimum absolute atomic E-state index is 0.0221. The van der Waals surface area contributed by atoms with Gasteiger partial charge in [-0.2, -0.15) is 0 Å². The van der Waals surface area contributed by atoms with Crippen LogP contribution in [0.1, 0.15) is 10.4 Å². The molecule has 0 aliphatic rings. The first-order chi connectivity index (χ1) is 17.0. The molecule has 0 aliphatic carbocycles. The number of carbonyl (C=O) groups excluding carboxylic acids is 1. The topological polar surface area (TPSA) is 89.2 Å². The summed E-state index contributed by atoms with van der Waals surface area (Å²) in [6, 6.07) is 16.9. The van der Waals surface area contributed by atoms with Gasteiger partial charge in [-0.05, 0) is 47.2 Å². The molecule has 0 radical (unpaired) electrons. The van der Waals surface area contributed by atoms with Crippen LogP contribution in [0.5, 0.6) is 23.0 Å². The predicted octanol–water partition coefficient (Wildman–Crippen LogP) is 5.07. The van der Waals surface area contributed by atoms with Gasteiger partial charge < -0.3 is 29.4 Å². The van der Waals surface area contributed by atoms with Crippen molar-refractivity contribution in [3.05, 3.63) is 72.0 Å². The van der Waals surface area contributed by atoms with Crippen LogP contribution >= 0.6 is 0 Å².